The fourth-order valence-corrected chi connectivity index (χ4v) is 7.55. The van der Waals surface area contributed by atoms with E-state index >= 15 is 0 Å². The van der Waals surface area contributed by atoms with Crippen LogP contribution in [0.4, 0.5) is 4.79 Å². The predicted octanol–water partition coefficient (Wildman–Crippen LogP) is 6.02. The van der Waals surface area contributed by atoms with Crippen LogP contribution in [0.15, 0.2) is 84.9 Å². The quantitative estimate of drug-likeness (QED) is 0.188. The van der Waals surface area contributed by atoms with Gasteiger partial charge >= 0.3 is 12.0 Å². The molecule has 2 fully saturated rings. The van der Waals surface area contributed by atoms with Crippen LogP contribution in [-0.2, 0) is 25.3 Å². The van der Waals surface area contributed by atoms with Gasteiger partial charge in [-0.3, -0.25) is 9.59 Å². The fraction of sp³-hybridized carbons (Fsp3) is 0.475. The number of urea groups is 1. The lowest BCUT2D eigenvalue weighted by Gasteiger charge is -2.41. The summed E-state index contributed by atoms with van der Waals surface area (Å²) in [5.74, 6) is -0.423. The second kappa shape index (κ2) is 17.3. The topological polar surface area (TPSA) is 111 Å². The van der Waals surface area contributed by atoms with Crippen LogP contribution >= 0.6 is 11.6 Å². The van der Waals surface area contributed by atoms with E-state index in [2.05, 4.69) is 71.0 Å². The smallest absolute Gasteiger partial charge is 0.315 e. The molecule has 0 aromatic heterocycles. The van der Waals surface area contributed by atoms with Gasteiger partial charge in [-0.25, -0.2) is 4.79 Å². The van der Waals surface area contributed by atoms with Gasteiger partial charge in [-0.15, -0.1) is 0 Å². The van der Waals surface area contributed by atoms with Crippen molar-refractivity contribution in [3.05, 3.63) is 107 Å². The third kappa shape index (κ3) is 9.86. The van der Waals surface area contributed by atoms with Crippen molar-refractivity contribution in [3.63, 3.8) is 0 Å². The minimum absolute atomic E-state index is 0.0633. The van der Waals surface area contributed by atoms with Crippen molar-refractivity contribution >= 4 is 29.5 Å². The summed E-state index contributed by atoms with van der Waals surface area (Å²) >= 11 is 6.11. The number of ether oxygens (including phenoxy) is 1. The van der Waals surface area contributed by atoms with Crippen molar-refractivity contribution in [3.8, 4) is 0 Å². The Hall–Kier alpha value is -3.92. The summed E-state index contributed by atoms with van der Waals surface area (Å²) in [7, 11) is 0. The Balaban J connectivity index is 1.25. The molecule has 0 aliphatic carbocycles. The Labute approximate surface area is 301 Å². The first kappa shape index (κ1) is 37.3. The van der Waals surface area contributed by atoms with Crippen molar-refractivity contribution in [1.82, 2.24) is 20.4 Å². The molecule has 0 radical (unpaired) electrons. The number of aliphatic hydroxyl groups is 1. The van der Waals surface area contributed by atoms with Crippen LogP contribution in [-0.4, -0.2) is 84.2 Å². The number of hydrogen-bond acceptors (Lipinski definition) is 6. The molecular weight excluding hydrogens is 652 g/mol. The van der Waals surface area contributed by atoms with Gasteiger partial charge in [0.1, 0.15) is 0 Å². The first-order valence-corrected chi connectivity index (χ1v) is 18.3. The molecule has 3 amide bonds. The van der Waals surface area contributed by atoms with E-state index in [0.717, 1.165) is 5.56 Å². The molecule has 0 saturated carbocycles. The monoisotopic (exact) mass is 702 g/mol. The number of amides is 3. The van der Waals surface area contributed by atoms with Crippen LogP contribution in [0, 0.1) is 0 Å². The lowest BCUT2D eigenvalue weighted by molar-refractivity contribution is -0.145. The van der Waals surface area contributed by atoms with E-state index in [1.807, 2.05) is 36.4 Å². The van der Waals surface area contributed by atoms with Gasteiger partial charge < -0.3 is 30.3 Å². The number of halogens is 1. The SMILES string of the molecule is CCOC(=O)CCC(=O)N1CCC(NC(=O)NC(CN2CCC(O)(c3ccc(Cl)cc3)CC2)CC(C)(c2ccccc2)c2ccccc2)CC1. The Morgan fingerprint density at radius 3 is 2.04 bits per heavy atom. The van der Waals surface area contributed by atoms with Crippen LogP contribution in [0.5, 0.6) is 0 Å². The molecule has 0 spiro atoms. The fourth-order valence-electron chi connectivity index (χ4n) is 7.42. The molecule has 2 aliphatic rings. The van der Waals surface area contributed by atoms with Gasteiger partial charge in [0.2, 0.25) is 5.91 Å². The highest BCUT2D eigenvalue weighted by Crippen LogP contribution is 2.38. The van der Waals surface area contributed by atoms with Crippen LogP contribution in [0.3, 0.4) is 0 Å². The van der Waals surface area contributed by atoms with E-state index in [1.54, 1.807) is 11.8 Å². The van der Waals surface area contributed by atoms with Gasteiger partial charge in [0.25, 0.3) is 0 Å². The van der Waals surface area contributed by atoms with Gasteiger partial charge in [0.15, 0.2) is 0 Å². The Kier molecular flexibility index (Phi) is 12.9. The van der Waals surface area contributed by atoms with E-state index in [-0.39, 0.29) is 48.2 Å². The van der Waals surface area contributed by atoms with Gasteiger partial charge in [0.05, 0.1) is 18.6 Å². The van der Waals surface area contributed by atoms with Crippen molar-refractivity contribution in [2.24, 2.45) is 0 Å². The summed E-state index contributed by atoms with van der Waals surface area (Å²) in [6.07, 6.45) is 3.33. The molecule has 1 atom stereocenters. The van der Waals surface area contributed by atoms with Crippen LogP contribution in [0.2, 0.25) is 5.02 Å². The molecule has 3 N–H and O–H groups in total. The minimum atomic E-state index is -0.918. The second-order valence-electron chi connectivity index (χ2n) is 13.9. The zero-order valence-corrected chi connectivity index (χ0v) is 30.0. The lowest BCUT2D eigenvalue weighted by atomic mass is 9.72. The number of carbonyl (C=O) groups excluding carboxylic acids is 3. The average molecular weight is 703 g/mol. The minimum Gasteiger partial charge on any atom is -0.466 e. The highest BCUT2D eigenvalue weighted by Gasteiger charge is 2.37. The van der Waals surface area contributed by atoms with Crippen LogP contribution < -0.4 is 10.6 Å². The Morgan fingerprint density at radius 2 is 1.48 bits per heavy atom. The molecule has 10 heteroatoms. The van der Waals surface area contributed by atoms with Gasteiger partial charge in [-0.2, -0.15) is 0 Å². The number of hydrogen-bond donors (Lipinski definition) is 3. The summed E-state index contributed by atoms with van der Waals surface area (Å²) in [6.45, 7) is 7.36. The number of esters is 1. The number of carbonyl (C=O) groups is 3. The molecule has 2 saturated heterocycles. The third-order valence-corrected chi connectivity index (χ3v) is 10.6. The lowest BCUT2D eigenvalue weighted by Crippen LogP contribution is -2.55. The van der Waals surface area contributed by atoms with Crippen LogP contribution in [0.25, 0.3) is 0 Å². The molecule has 268 valence electrons. The number of rotatable bonds is 13. The summed E-state index contributed by atoms with van der Waals surface area (Å²) in [6, 6.07) is 27.8. The van der Waals surface area contributed by atoms with E-state index in [9.17, 15) is 19.5 Å². The molecule has 5 rings (SSSR count). The molecule has 2 heterocycles. The van der Waals surface area contributed by atoms with Crippen molar-refractivity contribution in [2.75, 3.05) is 39.3 Å². The van der Waals surface area contributed by atoms with Gasteiger partial charge in [-0.05, 0) is 67.9 Å². The second-order valence-corrected chi connectivity index (χ2v) is 14.3. The molecule has 0 bridgehead atoms. The van der Waals surface area contributed by atoms with Crippen molar-refractivity contribution < 1.29 is 24.2 Å². The van der Waals surface area contributed by atoms with E-state index in [1.165, 1.54) is 11.1 Å². The predicted molar refractivity (Wildman–Crippen MR) is 196 cm³/mol. The van der Waals surface area contributed by atoms with E-state index < -0.39 is 5.60 Å². The molecular formula is C40H51ClN4O5. The zero-order valence-electron chi connectivity index (χ0n) is 29.3. The average Bonchev–Trinajstić information content (AvgIpc) is 3.13. The van der Waals surface area contributed by atoms with Gasteiger partial charge in [-0.1, -0.05) is 91.3 Å². The van der Waals surface area contributed by atoms with E-state index in [0.29, 0.717) is 76.5 Å². The molecule has 9 nitrogen and oxygen atoms in total. The Bertz CT molecular complexity index is 1500. The molecule has 1 unspecified atom stereocenters. The molecule has 50 heavy (non-hydrogen) atoms. The number of likely N-dealkylation sites (tertiary alicyclic amines) is 2. The molecule has 3 aromatic rings. The Morgan fingerprint density at radius 1 is 0.900 bits per heavy atom. The third-order valence-electron chi connectivity index (χ3n) is 10.4. The van der Waals surface area contributed by atoms with Crippen molar-refractivity contribution in [2.45, 2.75) is 81.9 Å². The summed E-state index contributed by atoms with van der Waals surface area (Å²) < 4.78 is 4.95. The number of nitrogens with zero attached hydrogens (tertiary/aromatic N) is 2. The largest absolute Gasteiger partial charge is 0.466 e. The summed E-state index contributed by atoms with van der Waals surface area (Å²) in [4.78, 5) is 42.1. The normalized spacial score (nSPS) is 17.5. The number of piperidine rings is 2. The number of benzene rings is 3. The summed E-state index contributed by atoms with van der Waals surface area (Å²) in [5.41, 5.74) is 1.93. The maximum Gasteiger partial charge on any atom is 0.315 e. The maximum absolute atomic E-state index is 13.7. The highest BCUT2D eigenvalue weighted by atomic mass is 35.5. The summed E-state index contributed by atoms with van der Waals surface area (Å²) in [5, 5.41) is 18.7. The first-order chi connectivity index (χ1) is 24.1. The van der Waals surface area contributed by atoms with Gasteiger partial charge in [0, 0.05) is 61.7 Å². The zero-order chi connectivity index (χ0) is 35.6. The number of nitrogens with one attached hydrogen (secondary N) is 2. The standard InChI is InChI=1S/C40H51ClN4O5/c1-3-50-37(47)19-18-36(46)45-24-20-34(21-25-45)42-38(48)43-35(28-39(2,30-10-6-4-7-11-30)31-12-8-5-9-13-31)29-44-26-22-40(49,23-27-44)32-14-16-33(41)17-15-32/h4-17,34-35,49H,3,18-29H2,1-2H3,(H2,42,43,48). The van der Waals surface area contributed by atoms with Crippen LogP contribution in [0.1, 0.15) is 75.5 Å². The molecule has 2 aliphatic heterocycles. The first-order valence-electron chi connectivity index (χ1n) is 17.9. The van der Waals surface area contributed by atoms with Crippen molar-refractivity contribution in [1.29, 1.82) is 0 Å². The highest BCUT2D eigenvalue weighted by molar-refractivity contribution is 6.30. The van der Waals surface area contributed by atoms with E-state index in [4.69, 9.17) is 16.3 Å². The molecule has 3 aromatic carbocycles. The maximum atomic E-state index is 13.7.